The zero-order valence-electron chi connectivity index (χ0n) is 22.0. The molecular weight excluding hydrogens is 886 g/mol. The molecule has 2 aliphatic rings. The molecule has 1 aliphatic carbocycles. The van der Waals surface area contributed by atoms with Crippen molar-refractivity contribution in [3.63, 3.8) is 0 Å². The molecule has 273 valence electrons. The quantitative estimate of drug-likeness (QED) is 0.109. The summed E-state index contributed by atoms with van der Waals surface area (Å²) >= 11 is 0. The molecule has 0 saturated carbocycles. The van der Waals surface area contributed by atoms with Gasteiger partial charge in [0.25, 0.3) is 0 Å². The topological polar surface area (TPSA) is 384 Å². The van der Waals surface area contributed by atoms with E-state index < -0.39 is 46.9 Å². The molecule has 0 unspecified atom stereocenters. The third-order valence-electron chi connectivity index (χ3n) is 3.94. The van der Waals surface area contributed by atoms with Crippen molar-refractivity contribution in [1.29, 1.82) is 0 Å². The summed E-state index contributed by atoms with van der Waals surface area (Å²) in [4.78, 5) is 24.2. The summed E-state index contributed by atoms with van der Waals surface area (Å²) in [6.45, 7) is 0. The normalized spacial score (nSPS) is 18.1. The Morgan fingerprint density at radius 1 is 0.705 bits per heavy atom. The first-order chi connectivity index (χ1) is 16.4. The number of hydrogen-bond donors (Lipinski definition) is 5. The number of hydrogen-bond acceptors (Lipinski definition) is 16. The number of carbonyl (C=O) groups excluding carboxylic acids is 2. The van der Waals surface area contributed by atoms with Gasteiger partial charge >= 0.3 is 16.5 Å². The number of likely N-dealkylation sites (tertiary alicyclic amines) is 1. The average Bonchev–Trinajstić information content (AvgIpc) is 2.93. The summed E-state index contributed by atoms with van der Waals surface area (Å²) in [5.74, 6) is 0.119. The first-order valence-corrected chi connectivity index (χ1v) is 13.0. The van der Waals surface area contributed by atoms with Gasteiger partial charge in [0.1, 0.15) is 0 Å². The van der Waals surface area contributed by atoms with Crippen molar-refractivity contribution in [2.45, 2.75) is 35.8 Å². The van der Waals surface area contributed by atoms with Gasteiger partial charge < -0.3 is 44.4 Å². The Balaban J connectivity index is -0.0000000650. The van der Waals surface area contributed by atoms with Crippen molar-refractivity contribution in [2.24, 2.45) is 11.8 Å². The van der Waals surface area contributed by atoms with Crippen molar-refractivity contribution in [3.05, 3.63) is 18.6 Å². The van der Waals surface area contributed by atoms with Crippen LogP contribution in [0.15, 0.2) is 12.2 Å². The number of amides is 2. The van der Waals surface area contributed by atoms with E-state index in [1.165, 1.54) is 4.90 Å². The van der Waals surface area contributed by atoms with Crippen LogP contribution in [0.25, 0.3) is 0 Å². The van der Waals surface area contributed by atoms with Crippen LogP contribution in [0, 0.1) is 18.3 Å². The van der Waals surface area contributed by atoms with E-state index in [1.807, 2.05) is 6.08 Å². The fraction of sp³-hybridized carbons (Fsp3) is 0.643. The fourth-order valence-electron chi connectivity index (χ4n) is 2.16. The molecule has 30 heteroatoms. The summed E-state index contributed by atoms with van der Waals surface area (Å²) in [5, 5.41) is 0. The summed E-state index contributed by atoms with van der Waals surface area (Å²) in [7, 11) is -16.7. The van der Waals surface area contributed by atoms with Crippen molar-refractivity contribution in [3.8, 4) is 0 Å². The fourth-order valence-corrected chi connectivity index (χ4v) is 2.16. The second-order valence-electron chi connectivity index (χ2n) is 6.66. The molecule has 0 aromatic rings. The van der Waals surface area contributed by atoms with E-state index >= 15 is 0 Å². The van der Waals surface area contributed by atoms with Crippen LogP contribution in [0.2, 0.25) is 0 Å². The van der Waals surface area contributed by atoms with Gasteiger partial charge in [-0.3, -0.25) is 14.5 Å². The number of imide groups is 1. The van der Waals surface area contributed by atoms with Crippen LogP contribution in [0.4, 0.5) is 39.5 Å². The molecule has 1 radical (unpaired) electrons. The Morgan fingerprint density at radius 2 is 0.977 bits per heavy atom. The second-order valence-corrected chi connectivity index (χ2v) is 10.8. The molecule has 17 nitrogen and oxygen atoms in total. The van der Waals surface area contributed by atoms with E-state index in [-0.39, 0.29) is 74.2 Å². The first kappa shape index (κ1) is 61.4. The molecule has 0 spiro atoms. The molecule has 1 fully saturated rings. The van der Waals surface area contributed by atoms with E-state index in [1.54, 1.807) is 7.05 Å². The SMILES string of the molecule is CN1C(=O)C[C@@H]([C@@H]2C=C[CH]CC2)C1=O.N.N.N.N.N.O=S(=O)([O-])C(F)(F)F.O=S(=O)([O-])C(F)(F)F.O=S(=O)([O-])C(F)(F)F.[Os]. The minimum Gasteiger partial charge on any atom is -0.741 e. The Kier molecular flexibility index (Phi) is 30.8. The Labute approximate surface area is 258 Å². The zero-order valence-corrected chi connectivity index (χ0v) is 27.0. The van der Waals surface area contributed by atoms with Crippen LogP contribution in [-0.2, 0) is 59.7 Å². The van der Waals surface area contributed by atoms with Gasteiger partial charge in [-0.1, -0.05) is 12.2 Å². The van der Waals surface area contributed by atoms with Crippen LogP contribution in [-0.4, -0.2) is 79.2 Å². The molecule has 2 rings (SSSR count). The minimum absolute atomic E-state index is 0. The molecule has 1 heterocycles. The third-order valence-corrected chi connectivity index (χ3v) is 5.65. The number of rotatable bonds is 1. The van der Waals surface area contributed by atoms with Gasteiger partial charge in [-0.2, -0.15) is 39.5 Å². The molecule has 15 N–H and O–H groups in total. The molecule has 44 heavy (non-hydrogen) atoms. The average molecular weight is 915 g/mol. The van der Waals surface area contributed by atoms with Crippen molar-refractivity contribution in [2.75, 3.05) is 7.05 Å². The molecule has 0 bridgehead atoms. The predicted molar refractivity (Wildman–Crippen MR) is 124 cm³/mol. The number of allylic oxidation sites excluding steroid dienone is 2. The van der Waals surface area contributed by atoms with E-state index in [9.17, 15) is 49.1 Å². The summed E-state index contributed by atoms with van der Waals surface area (Å²) < 4.78 is 177. The maximum absolute atomic E-state index is 11.7. The van der Waals surface area contributed by atoms with Crippen molar-refractivity contribution >= 4 is 42.2 Å². The smallest absolute Gasteiger partial charge is 0.485 e. The monoisotopic (exact) mass is 916 g/mol. The molecule has 2 amide bonds. The zero-order chi connectivity index (χ0) is 31.1. The van der Waals surface area contributed by atoms with Gasteiger partial charge in [0.2, 0.25) is 11.8 Å². The Bertz CT molecular complexity index is 1100. The first-order valence-electron chi connectivity index (χ1n) is 8.82. The van der Waals surface area contributed by atoms with E-state index in [4.69, 9.17) is 38.9 Å². The summed E-state index contributed by atoms with van der Waals surface area (Å²) in [5.41, 5.74) is -16.9. The molecule has 0 aromatic heterocycles. The largest absolute Gasteiger partial charge is 0.741 e. The van der Waals surface area contributed by atoms with Gasteiger partial charge in [-0.25, -0.2) is 25.3 Å². The maximum Gasteiger partial charge on any atom is 0.485 e. The standard InChI is InChI=1S/C11H14NO2.3CHF3O3S.5H3N.Os/c1-12-10(13)7-9(11(12)14)8-5-3-2-4-6-8;3*2-1(3,4)8(5,6)7;;;;;;/h2-3,5,8-9H,4,6-7H2,1H3;3*(H,5,6,7);5*1H3;/p-3/t8-,9+;;;;;;;;;/m1........./s1. The summed E-state index contributed by atoms with van der Waals surface area (Å²) in [6, 6.07) is 0. The number of alkyl halides is 9. The molecule has 1 aliphatic heterocycles. The minimum atomic E-state index is -6.09. The molecular formula is C14H29F9N6O11OsS3-3. The van der Waals surface area contributed by atoms with E-state index in [0.29, 0.717) is 6.42 Å². The molecule has 0 aromatic carbocycles. The number of halogens is 9. The van der Waals surface area contributed by atoms with Gasteiger partial charge in [-0.15, -0.1) is 0 Å². The van der Waals surface area contributed by atoms with Crippen molar-refractivity contribution < 1.29 is 108 Å². The van der Waals surface area contributed by atoms with Gasteiger partial charge in [0, 0.05) is 33.3 Å². The van der Waals surface area contributed by atoms with Crippen LogP contribution in [0.1, 0.15) is 19.3 Å². The molecule has 1 saturated heterocycles. The van der Waals surface area contributed by atoms with Crippen LogP contribution in [0.3, 0.4) is 0 Å². The second kappa shape index (κ2) is 22.0. The third kappa shape index (κ3) is 22.0. The van der Waals surface area contributed by atoms with Gasteiger partial charge in [0.05, 0.1) is 5.92 Å². The van der Waals surface area contributed by atoms with Gasteiger partial charge in [-0.05, 0) is 25.2 Å². The van der Waals surface area contributed by atoms with Crippen molar-refractivity contribution in [1.82, 2.24) is 35.7 Å². The van der Waals surface area contributed by atoms with E-state index in [0.717, 1.165) is 12.8 Å². The Morgan fingerprint density at radius 3 is 1.14 bits per heavy atom. The molecule has 2 atom stereocenters. The summed E-state index contributed by atoms with van der Waals surface area (Å²) in [6.07, 6.45) is 8.56. The van der Waals surface area contributed by atoms with Gasteiger partial charge in [0.15, 0.2) is 30.4 Å². The number of nitrogens with zero attached hydrogens (tertiary/aromatic N) is 1. The van der Waals surface area contributed by atoms with Crippen LogP contribution >= 0.6 is 0 Å². The van der Waals surface area contributed by atoms with Crippen LogP contribution in [0.5, 0.6) is 0 Å². The Hall–Kier alpha value is -1.58. The predicted octanol–water partition coefficient (Wildman–Crippen LogP) is 2.12. The van der Waals surface area contributed by atoms with E-state index in [2.05, 4.69) is 12.5 Å². The number of carbonyl (C=O) groups is 2. The maximum atomic E-state index is 11.7. The van der Waals surface area contributed by atoms with Crippen LogP contribution < -0.4 is 30.8 Å².